The van der Waals surface area contributed by atoms with Crippen LogP contribution in [0.3, 0.4) is 0 Å². The smallest absolute Gasteiger partial charge is 0.325 e. The van der Waals surface area contributed by atoms with Gasteiger partial charge in [0.25, 0.3) is 5.91 Å². The zero-order valence-corrected chi connectivity index (χ0v) is 14.8. The number of nitrogens with zero attached hydrogens (tertiary/aromatic N) is 4. The second kappa shape index (κ2) is 6.00. The lowest BCUT2D eigenvalue weighted by molar-refractivity contribution is -0.127. The second-order valence-corrected chi connectivity index (χ2v) is 7.83. The molecule has 3 aliphatic rings. The number of carbonyl (C=O) groups excluding carboxylic acids is 2. The molecule has 3 heterocycles. The van der Waals surface area contributed by atoms with E-state index < -0.39 is 5.54 Å². The molecule has 2 aliphatic heterocycles. The van der Waals surface area contributed by atoms with Crippen LogP contribution >= 0.6 is 0 Å². The summed E-state index contributed by atoms with van der Waals surface area (Å²) in [5.41, 5.74) is -0.728. The molecule has 3 fully saturated rings. The van der Waals surface area contributed by atoms with Crippen LogP contribution in [0.15, 0.2) is 4.42 Å². The largest absolute Gasteiger partial charge is 0.408 e. The van der Waals surface area contributed by atoms with Gasteiger partial charge in [-0.15, -0.1) is 5.10 Å². The minimum atomic E-state index is -0.728. The third kappa shape index (κ3) is 2.67. The first-order valence-corrected chi connectivity index (χ1v) is 9.21. The van der Waals surface area contributed by atoms with Gasteiger partial charge in [0.1, 0.15) is 5.54 Å². The van der Waals surface area contributed by atoms with Gasteiger partial charge in [0.15, 0.2) is 0 Å². The Hall–Kier alpha value is -2.12. The molecular formula is C17H25N5O3. The summed E-state index contributed by atoms with van der Waals surface area (Å²) < 4.78 is 5.84. The minimum absolute atomic E-state index is 0.168. The van der Waals surface area contributed by atoms with Gasteiger partial charge in [-0.2, -0.15) is 0 Å². The topological polar surface area (TPSA) is 91.6 Å². The van der Waals surface area contributed by atoms with Crippen LogP contribution < -0.4 is 10.2 Å². The Morgan fingerprint density at radius 1 is 1.24 bits per heavy atom. The maximum atomic E-state index is 12.5. The van der Waals surface area contributed by atoms with Gasteiger partial charge in [0.2, 0.25) is 5.89 Å². The maximum Gasteiger partial charge on any atom is 0.325 e. The highest BCUT2D eigenvalue weighted by Crippen LogP contribution is 2.38. The van der Waals surface area contributed by atoms with E-state index in [0.717, 1.165) is 18.7 Å². The summed E-state index contributed by atoms with van der Waals surface area (Å²) in [6.45, 7) is 5.95. The van der Waals surface area contributed by atoms with Gasteiger partial charge in [0, 0.05) is 25.6 Å². The van der Waals surface area contributed by atoms with E-state index in [2.05, 4.69) is 29.4 Å². The van der Waals surface area contributed by atoms with Crippen LogP contribution in [0.5, 0.6) is 0 Å². The first-order chi connectivity index (χ1) is 12.0. The molecule has 2 saturated heterocycles. The SMILES string of the molecule is CC(C)CN1C(=O)NC(=O)C12CCN(c1nnc(C3CCC3)o1)CC2. The van der Waals surface area contributed by atoms with Gasteiger partial charge in [-0.1, -0.05) is 25.4 Å². The fourth-order valence-corrected chi connectivity index (χ4v) is 3.96. The van der Waals surface area contributed by atoms with Crippen molar-refractivity contribution in [2.75, 3.05) is 24.5 Å². The number of anilines is 1. The lowest BCUT2D eigenvalue weighted by Crippen LogP contribution is -2.57. The summed E-state index contributed by atoms with van der Waals surface area (Å²) in [6.07, 6.45) is 4.63. The molecule has 4 rings (SSSR count). The van der Waals surface area contributed by atoms with Gasteiger partial charge in [-0.3, -0.25) is 10.1 Å². The number of rotatable bonds is 4. The Labute approximate surface area is 146 Å². The average molecular weight is 347 g/mol. The average Bonchev–Trinajstić information content (AvgIpc) is 3.07. The van der Waals surface area contributed by atoms with E-state index in [9.17, 15) is 9.59 Å². The Balaban J connectivity index is 1.47. The number of carbonyl (C=O) groups is 2. The van der Waals surface area contributed by atoms with Crippen LogP contribution in [-0.2, 0) is 4.79 Å². The monoisotopic (exact) mass is 347 g/mol. The third-order valence-corrected chi connectivity index (χ3v) is 5.70. The highest BCUT2D eigenvalue weighted by molar-refractivity contribution is 6.07. The summed E-state index contributed by atoms with van der Waals surface area (Å²) in [5.74, 6) is 1.29. The van der Waals surface area contributed by atoms with Crippen molar-refractivity contribution in [3.8, 4) is 0 Å². The van der Waals surface area contributed by atoms with Crippen molar-refractivity contribution in [1.29, 1.82) is 0 Å². The minimum Gasteiger partial charge on any atom is -0.408 e. The molecule has 1 aliphatic carbocycles. The van der Waals surface area contributed by atoms with Crippen molar-refractivity contribution in [2.24, 2.45) is 5.92 Å². The van der Waals surface area contributed by atoms with Crippen molar-refractivity contribution in [1.82, 2.24) is 20.4 Å². The molecule has 0 unspecified atom stereocenters. The van der Waals surface area contributed by atoms with Crippen LogP contribution in [0.25, 0.3) is 0 Å². The van der Waals surface area contributed by atoms with E-state index in [-0.39, 0.29) is 11.9 Å². The first-order valence-electron chi connectivity index (χ1n) is 9.21. The number of hydrogen-bond donors (Lipinski definition) is 1. The quantitative estimate of drug-likeness (QED) is 0.836. The second-order valence-electron chi connectivity index (χ2n) is 7.83. The summed E-state index contributed by atoms with van der Waals surface area (Å²) in [7, 11) is 0. The first kappa shape index (κ1) is 16.4. The zero-order chi connectivity index (χ0) is 17.6. The molecule has 1 spiro atoms. The highest BCUT2D eigenvalue weighted by atomic mass is 16.4. The van der Waals surface area contributed by atoms with Crippen LogP contribution in [-0.4, -0.2) is 52.2 Å². The Morgan fingerprint density at radius 3 is 2.56 bits per heavy atom. The molecule has 1 aromatic rings. The molecule has 8 nitrogen and oxygen atoms in total. The van der Waals surface area contributed by atoms with E-state index >= 15 is 0 Å². The summed E-state index contributed by atoms with van der Waals surface area (Å²) in [4.78, 5) is 28.5. The molecular weight excluding hydrogens is 322 g/mol. The number of piperidine rings is 1. The van der Waals surface area contributed by atoms with Crippen LogP contribution in [0.4, 0.5) is 10.8 Å². The van der Waals surface area contributed by atoms with Crippen molar-refractivity contribution < 1.29 is 14.0 Å². The molecule has 8 heteroatoms. The van der Waals surface area contributed by atoms with Crippen LogP contribution in [0, 0.1) is 5.92 Å². The van der Waals surface area contributed by atoms with Gasteiger partial charge >= 0.3 is 12.0 Å². The number of nitrogens with one attached hydrogen (secondary N) is 1. The number of hydrogen-bond acceptors (Lipinski definition) is 6. The molecule has 0 aromatic carbocycles. The predicted molar refractivity (Wildman–Crippen MR) is 90.2 cm³/mol. The number of urea groups is 1. The zero-order valence-electron chi connectivity index (χ0n) is 14.8. The number of amides is 3. The van der Waals surface area contributed by atoms with E-state index in [0.29, 0.717) is 50.3 Å². The summed E-state index contributed by atoms with van der Waals surface area (Å²) in [6, 6.07) is 0.272. The third-order valence-electron chi connectivity index (χ3n) is 5.70. The fourth-order valence-electron chi connectivity index (χ4n) is 3.96. The molecule has 0 atom stereocenters. The fraction of sp³-hybridized carbons (Fsp3) is 0.765. The van der Waals surface area contributed by atoms with E-state index in [4.69, 9.17) is 4.42 Å². The van der Waals surface area contributed by atoms with Gasteiger partial charge in [0.05, 0.1) is 0 Å². The Bertz CT molecular complexity index is 674. The van der Waals surface area contributed by atoms with Crippen molar-refractivity contribution in [2.45, 2.75) is 57.4 Å². The standard InChI is InChI=1S/C17H25N5O3/c1-11(2)10-22-15(24)18-14(23)17(22)6-8-21(9-7-17)16-20-19-13(25-16)12-4-3-5-12/h11-12H,3-10H2,1-2H3,(H,18,23,24). The van der Waals surface area contributed by atoms with Crippen molar-refractivity contribution in [3.63, 3.8) is 0 Å². The Kier molecular flexibility index (Phi) is 3.92. The normalized spacial score (nSPS) is 23.5. The molecule has 0 radical (unpaired) electrons. The molecule has 1 N–H and O–H groups in total. The van der Waals surface area contributed by atoms with Crippen LogP contribution in [0.2, 0.25) is 0 Å². The number of imide groups is 1. The van der Waals surface area contributed by atoms with Gasteiger partial charge in [-0.25, -0.2) is 4.79 Å². The molecule has 136 valence electrons. The molecule has 3 amide bonds. The predicted octanol–water partition coefficient (Wildman–Crippen LogP) is 1.88. The maximum absolute atomic E-state index is 12.5. The summed E-state index contributed by atoms with van der Waals surface area (Å²) >= 11 is 0. The Morgan fingerprint density at radius 2 is 1.96 bits per heavy atom. The van der Waals surface area contributed by atoms with Crippen LogP contribution in [0.1, 0.15) is 57.8 Å². The molecule has 1 saturated carbocycles. The summed E-state index contributed by atoms with van der Waals surface area (Å²) in [5, 5.41) is 10.9. The van der Waals surface area contributed by atoms with Gasteiger partial charge < -0.3 is 14.2 Å². The molecule has 1 aromatic heterocycles. The lowest BCUT2D eigenvalue weighted by Gasteiger charge is -2.42. The number of aromatic nitrogens is 2. The van der Waals surface area contributed by atoms with Gasteiger partial charge in [-0.05, 0) is 31.6 Å². The van der Waals surface area contributed by atoms with Crippen molar-refractivity contribution in [3.05, 3.63) is 5.89 Å². The van der Waals surface area contributed by atoms with E-state index in [1.807, 2.05) is 4.90 Å². The lowest BCUT2D eigenvalue weighted by atomic mass is 9.85. The van der Waals surface area contributed by atoms with Crippen molar-refractivity contribution >= 4 is 18.0 Å². The van der Waals surface area contributed by atoms with E-state index in [1.165, 1.54) is 6.42 Å². The molecule has 25 heavy (non-hydrogen) atoms. The molecule has 0 bridgehead atoms. The van der Waals surface area contributed by atoms with E-state index in [1.54, 1.807) is 4.90 Å². The highest BCUT2D eigenvalue weighted by Gasteiger charge is 2.54.